The maximum Gasteiger partial charge on any atom is -1.00 e. The van der Waals surface area contributed by atoms with Crippen LogP contribution in [-0.2, 0) is 21.3 Å². The van der Waals surface area contributed by atoms with Crippen LogP contribution in [0.1, 0.15) is 24.8 Å². The first kappa shape index (κ1) is 28.0. The van der Waals surface area contributed by atoms with Gasteiger partial charge in [0.2, 0.25) is 0 Å². The quantitative estimate of drug-likeness (QED) is 0.486. The van der Waals surface area contributed by atoms with E-state index in [0.717, 1.165) is 15.5 Å². The molecule has 7 rings (SSSR count). The second-order valence-electron chi connectivity index (χ2n) is 11.6. The molecule has 0 N–H and O–H groups in total. The summed E-state index contributed by atoms with van der Waals surface area (Å²) < 4.78 is 5.57. The summed E-state index contributed by atoms with van der Waals surface area (Å²) in [5.41, 5.74) is 1.48. The maximum atomic E-state index is 2.92. The van der Waals surface area contributed by atoms with Gasteiger partial charge >= 0.3 is 226 Å². The van der Waals surface area contributed by atoms with Gasteiger partial charge in [-0.1, -0.05) is 0 Å². The molecule has 0 bridgehead atoms. The fourth-order valence-corrected chi connectivity index (χ4v) is 18.1. The molecule has 10 unspecified atom stereocenters. The predicted molar refractivity (Wildman–Crippen MR) is 149 cm³/mol. The standard InChI is InChI=1S/C21H21.C9H10.C5H5.2ClH.Zr/c1-2-8-15-14(7-1)13-20-18-11-4-3-9-16(18)17-10-5-6-12-19(17)21(15)20;1-8(2)9-6-4-3-5-7-9;1-2-4-5-3-1;;;/h1-21H;1,3-8H,2H3;1-3H,4H2;2*1H;/q;;;;;+2/p-2. The minimum Gasteiger partial charge on any atom is -1.00 e. The van der Waals surface area contributed by atoms with Crippen LogP contribution in [0.3, 0.4) is 0 Å². The number of fused-ring (bicyclic) bond motifs is 8. The first-order valence-corrected chi connectivity index (χ1v) is 18.1. The van der Waals surface area contributed by atoms with Gasteiger partial charge in [-0.15, -0.1) is 0 Å². The summed E-state index contributed by atoms with van der Waals surface area (Å²) in [6.45, 7) is 2.46. The Labute approximate surface area is 248 Å². The van der Waals surface area contributed by atoms with Crippen LogP contribution in [0, 0.1) is 47.3 Å². The van der Waals surface area contributed by atoms with Gasteiger partial charge in [0.1, 0.15) is 0 Å². The molecule has 38 heavy (non-hydrogen) atoms. The molecular weight excluding hydrogens is 583 g/mol. The number of hydrogen-bond acceptors (Lipinski definition) is 0. The largest absolute Gasteiger partial charge is 1.00 e. The predicted octanol–water partition coefficient (Wildman–Crippen LogP) is 2.19. The molecule has 3 heteroatoms. The monoisotopic (exact) mass is 616 g/mol. The minimum atomic E-state index is -2.16. The summed E-state index contributed by atoms with van der Waals surface area (Å²) in [4.78, 5) is 0. The molecule has 0 spiro atoms. The zero-order valence-electron chi connectivity index (χ0n) is 21.9. The van der Waals surface area contributed by atoms with Gasteiger partial charge in [0.25, 0.3) is 0 Å². The van der Waals surface area contributed by atoms with Gasteiger partial charge in [0.15, 0.2) is 0 Å². The van der Waals surface area contributed by atoms with Gasteiger partial charge in [-0.3, -0.25) is 0 Å². The van der Waals surface area contributed by atoms with Crippen molar-refractivity contribution in [3.05, 3.63) is 130 Å². The Kier molecular flexibility index (Phi) is 8.79. The van der Waals surface area contributed by atoms with E-state index >= 15 is 0 Å². The molecule has 6 aliphatic rings. The Balaban J connectivity index is 0.00000147. The third-order valence-electron chi connectivity index (χ3n) is 9.97. The summed E-state index contributed by atoms with van der Waals surface area (Å²) in [5, 5.41) is 0. The first-order chi connectivity index (χ1) is 17.8. The molecule has 10 atom stereocenters. The Morgan fingerprint density at radius 1 is 0.658 bits per heavy atom. The van der Waals surface area contributed by atoms with Crippen molar-refractivity contribution < 1.29 is 46.1 Å². The second-order valence-corrected chi connectivity index (χ2v) is 17.9. The number of rotatable bonds is 4. The van der Waals surface area contributed by atoms with Crippen LogP contribution in [0.2, 0.25) is 3.63 Å². The van der Waals surface area contributed by atoms with Gasteiger partial charge in [0, 0.05) is 0 Å². The third-order valence-corrected chi connectivity index (χ3v) is 18.5. The average molecular weight is 619 g/mol. The maximum absolute atomic E-state index is 2.92. The fourth-order valence-electron chi connectivity index (χ4n) is 8.60. The van der Waals surface area contributed by atoms with Crippen LogP contribution in [-0.4, -0.2) is 3.71 Å². The summed E-state index contributed by atoms with van der Waals surface area (Å²) in [5.74, 6) is 6.03. The molecule has 0 heterocycles. The summed E-state index contributed by atoms with van der Waals surface area (Å²) in [6.07, 6.45) is 38.1. The van der Waals surface area contributed by atoms with E-state index < -0.39 is 21.3 Å². The fraction of sp³-hybridized carbons (Fsp3) is 0.343. The number of hydrogen-bond donors (Lipinski definition) is 0. The molecule has 0 aliphatic heterocycles. The van der Waals surface area contributed by atoms with Gasteiger partial charge in [-0.05, 0) is 0 Å². The van der Waals surface area contributed by atoms with Crippen LogP contribution in [0.15, 0.2) is 125 Å². The molecule has 0 saturated heterocycles. The van der Waals surface area contributed by atoms with Gasteiger partial charge in [-0.2, -0.15) is 0 Å². The zero-order valence-corrected chi connectivity index (χ0v) is 25.8. The second kappa shape index (κ2) is 11.9. The van der Waals surface area contributed by atoms with Crippen molar-refractivity contribution in [2.24, 2.45) is 47.3 Å². The molecule has 2 saturated carbocycles. The first-order valence-electron chi connectivity index (χ1n) is 14.0. The summed E-state index contributed by atoms with van der Waals surface area (Å²) in [6, 6.07) is 11.2. The topological polar surface area (TPSA) is 0 Å². The molecule has 0 amide bonds. The molecule has 1 aromatic rings. The van der Waals surface area contributed by atoms with E-state index in [9.17, 15) is 0 Å². The van der Waals surface area contributed by atoms with Gasteiger partial charge < -0.3 is 24.8 Å². The van der Waals surface area contributed by atoms with Crippen molar-refractivity contribution in [3.63, 3.8) is 0 Å². The SMILES string of the molecule is CC(/[CH]=[Zr+2](\[C]1=CC=CC1)[CH]1C2C=CC=CC2C2C3C=CC=CC3C3C=CC=CC3C21)c1ccccc1.[Cl-].[Cl-]. The van der Waals surface area contributed by atoms with Crippen LogP contribution in [0.5, 0.6) is 0 Å². The molecular formula is C35H36Cl2Zr. The van der Waals surface area contributed by atoms with Crippen molar-refractivity contribution in [2.45, 2.75) is 22.9 Å². The normalized spacial score (nSPS) is 37.4. The van der Waals surface area contributed by atoms with Crippen LogP contribution >= 0.6 is 0 Å². The van der Waals surface area contributed by atoms with Gasteiger partial charge in [0.05, 0.1) is 0 Å². The van der Waals surface area contributed by atoms with Crippen molar-refractivity contribution in [3.8, 4) is 0 Å². The Bertz CT molecular complexity index is 1290. The Morgan fingerprint density at radius 2 is 1.18 bits per heavy atom. The Hall–Kier alpha value is -1.53. The smallest absolute Gasteiger partial charge is 1.00 e. The molecule has 194 valence electrons. The number of allylic oxidation sites excluding steroid dienone is 16. The molecule has 0 nitrogen and oxygen atoms in total. The minimum absolute atomic E-state index is 0. The molecule has 6 aliphatic carbocycles. The molecule has 2 fully saturated rings. The number of halogens is 2. The summed E-state index contributed by atoms with van der Waals surface area (Å²) in [7, 11) is 0. The molecule has 0 radical (unpaired) electrons. The zero-order chi connectivity index (χ0) is 24.1. The third kappa shape index (κ3) is 4.72. The van der Waals surface area contributed by atoms with Crippen molar-refractivity contribution >= 4 is 3.71 Å². The van der Waals surface area contributed by atoms with Crippen molar-refractivity contribution in [1.29, 1.82) is 0 Å². The average Bonchev–Trinajstić information content (AvgIpc) is 3.60. The molecule has 1 aromatic carbocycles. The van der Waals surface area contributed by atoms with Crippen LogP contribution in [0.25, 0.3) is 0 Å². The van der Waals surface area contributed by atoms with E-state index in [-0.39, 0.29) is 24.8 Å². The van der Waals surface area contributed by atoms with Crippen molar-refractivity contribution in [1.82, 2.24) is 0 Å². The van der Waals surface area contributed by atoms with Crippen molar-refractivity contribution in [2.75, 3.05) is 0 Å². The van der Waals surface area contributed by atoms with Gasteiger partial charge in [-0.25, -0.2) is 0 Å². The van der Waals surface area contributed by atoms with E-state index in [4.69, 9.17) is 0 Å². The number of benzene rings is 1. The van der Waals surface area contributed by atoms with Crippen LogP contribution < -0.4 is 24.8 Å². The van der Waals surface area contributed by atoms with E-state index in [1.807, 2.05) is 3.28 Å². The Morgan fingerprint density at radius 3 is 1.76 bits per heavy atom. The molecule has 0 aromatic heterocycles. The van der Waals surface area contributed by atoms with E-state index in [0.29, 0.717) is 41.4 Å². The van der Waals surface area contributed by atoms with Crippen LogP contribution in [0.4, 0.5) is 0 Å². The van der Waals surface area contributed by atoms with E-state index in [1.54, 1.807) is 0 Å². The van der Waals surface area contributed by atoms with E-state index in [1.165, 1.54) is 12.0 Å². The summed E-state index contributed by atoms with van der Waals surface area (Å²) >= 11 is -2.16. The van der Waals surface area contributed by atoms with E-state index in [2.05, 4.69) is 132 Å².